The van der Waals surface area contributed by atoms with Crippen molar-refractivity contribution in [1.82, 2.24) is 20.1 Å². The van der Waals surface area contributed by atoms with Gasteiger partial charge in [0.15, 0.2) is 0 Å². The molecule has 0 aliphatic heterocycles. The van der Waals surface area contributed by atoms with Gasteiger partial charge in [-0.05, 0) is 55.9 Å². The Morgan fingerprint density at radius 2 is 2.00 bits per heavy atom. The first kappa shape index (κ1) is 18.0. The van der Waals surface area contributed by atoms with Gasteiger partial charge in [-0.2, -0.15) is 0 Å². The zero-order valence-corrected chi connectivity index (χ0v) is 16.8. The van der Waals surface area contributed by atoms with Crippen molar-refractivity contribution >= 4 is 29.0 Å². The SMILES string of the molecule is CC1CCC(N(C(=O)CSc2n[nH]c(Cc3cccs3)n2)C2CC2)CC1. The first-order valence-corrected chi connectivity index (χ1v) is 11.4. The molecular weight excluding hydrogens is 364 g/mol. The fraction of sp³-hybridized carbons (Fsp3) is 0.632. The molecule has 7 heteroatoms. The summed E-state index contributed by atoms with van der Waals surface area (Å²) < 4.78 is 0. The highest BCUT2D eigenvalue weighted by Crippen LogP contribution is 2.35. The molecule has 0 radical (unpaired) electrons. The van der Waals surface area contributed by atoms with Crippen LogP contribution < -0.4 is 0 Å². The van der Waals surface area contributed by atoms with Gasteiger partial charge in [0.2, 0.25) is 11.1 Å². The van der Waals surface area contributed by atoms with Crippen LogP contribution >= 0.6 is 23.1 Å². The molecule has 4 rings (SSSR count). The molecule has 0 spiro atoms. The average molecular weight is 391 g/mol. The van der Waals surface area contributed by atoms with Gasteiger partial charge in [0, 0.05) is 23.4 Å². The van der Waals surface area contributed by atoms with E-state index in [1.165, 1.54) is 55.2 Å². The van der Waals surface area contributed by atoms with Crippen molar-refractivity contribution in [2.75, 3.05) is 5.75 Å². The molecule has 2 fully saturated rings. The fourth-order valence-corrected chi connectivity index (χ4v) is 5.17. The lowest BCUT2D eigenvalue weighted by Crippen LogP contribution is -2.44. The van der Waals surface area contributed by atoms with Crippen molar-refractivity contribution < 1.29 is 4.79 Å². The molecule has 2 aromatic heterocycles. The average Bonchev–Trinajstić information content (AvgIpc) is 3.15. The Bertz CT molecular complexity index is 718. The molecule has 2 saturated carbocycles. The molecule has 5 nitrogen and oxygen atoms in total. The van der Waals surface area contributed by atoms with E-state index >= 15 is 0 Å². The number of rotatable bonds is 7. The second-order valence-corrected chi connectivity index (χ2v) is 9.53. The number of hydrogen-bond acceptors (Lipinski definition) is 5. The van der Waals surface area contributed by atoms with Crippen LogP contribution in [0.4, 0.5) is 0 Å². The third-order valence-electron chi connectivity index (χ3n) is 5.36. The Morgan fingerprint density at radius 3 is 2.65 bits per heavy atom. The van der Waals surface area contributed by atoms with E-state index in [2.05, 4.69) is 38.5 Å². The summed E-state index contributed by atoms with van der Waals surface area (Å²) in [7, 11) is 0. The molecule has 0 aromatic carbocycles. The van der Waals surface area contributed by atoms with Crippen LogP contribution in [-0.2, 0) is 11.2 Å². The van der Waals surface area contributed by atoms with Gasteiger partial charge in [0.25, 0.3) is 0 Å². The minimum Gasteiger partial charge on any atom is -0.336 e. The minimum absolute atomic E-state index is 0.265. The van der Waals surface area contributed by atoms with Crippen LogP contribution in [0.15, 0.2) is 22.7 Å². The van der Waals surface area contributed by atoms with Gasteiger partial charge in [0.1, 0.15) is 5.82 Å². The first-order valence-electron chi connectivity index (χ1n) is 9.56. The van der Waals surface area contributed by atoms with Crippen LogP contribution in [0, 0.1) is 5.92 Å². The maximum Gasteiger partial charge on any atom is 0.233 e. The van der Waals surface area contributed by atoms with Crippen LogP contribution in [-0.4, -0.2) is 43.8 Å². The van der Waals surface area contributed by atoms with E-state index in [0.29, 0.717) is 23.0 Å². The van der Waals surface area contributed by atoms with E-state index in [1.54, 1.807) is 11.3 Å². The Labute approximate surface area is 163 Å². The monoisotopic (exact) mass is 390 g/mol. The van der Waals surface area contributed by atoms with Crippen molar-refractivity contribution in [3.8, 4) is 0 Å². The van der Waals surface area contributed by atoms with Crippen LogP contribution in [0.1, 0.15) is 56.2 Å². The predicted molar refractivity (Wildman–Crippen MR) is 106 cm³/mol. The third kappa shape index (κ3) is 4.49. The van der Waals surface area contributed by atoms with Gasteiger partial charge in [-0.3, -0.25) is 9.89 Å². The first-order chi connectivity index (χ1) is 12.7. The van der Waals surface area contributed by atoms with Gasteiger partial charge >= 0.3 is 0 Å². The number of thioether (sulfide) groups is 1. The number of amides is 1. The van der Waals surface area contributed by atoms with E-state index in [4.69, 9.17) is 0 Å². The standard InChI is InChI=1S/C19H26N4OS2/c1-13-4-6-14(7-5-13)23(15-8-9-15)18(24)12-26-19-20-17(21-22-19)11-16-3-2-10-25-16/h2-3,10,13-15H,4-9,11-12H2,1H3,(H,20,21,22). The zero-order valence-electron chi connectivity index (χ0n) is 15.2. The summed E-state index contributed by atoms with van der Waals surface area (Å²) in [5.41, 5.74) is 0. The summed E-state index contributed by atoms with van der Waals surface area (Å²) >= 11 is 3.18. The zero-order chi connectivity index (χ0) is 17.9. The topological polar surface area (TPSA) is 61.9 Å². The van der Waals surface area contributed by atoms with Gasteiger partial charge < -0.3 is 4.90 Å². The highest BCUT2D eigenvalue weighted by molar-refractivity contribution is 7.99. The predicted octanol–water partition coefficient (Wildman–Crippen LogP) is 4.12. The Balaban J connectivity index is 1.31. The molecule has 0 unspecified atom stereocenters. The second-order valence-electron chi connectivity index (χ2n) is 7.56. The van der Waals surface area contributed by atoms with E-state index in [-0.39, 0.29) is 5.91 Å². The number of hydrogen-bond donors (Lipinski definition) is 1. The Hall–Kier alpha value is -1.34. The third-order valence-corrected chi connectivity index (χ3v) is 7.07. The van der Waals surface area contributed by atoms with Crippen LogP contribution in [0.2, 0.25) is 0 Å². The van der Waals surface area contributed by atoms with Crippen molar-refractivity contribution in [2.45, 2.75) is 69.1 Å². The van der Waals surface area contributed by atoms with E-state index < -0.39 is 0 Å². The molecule has 2 aliphatic carbocycles. The van der Waals surface area contributed by atoms with Crippen molar-refractivity contribution in [1.29, 1.82) is 0 Å². The smallest absolute Gasteiger partial charge is 0.233 e. The number of nitrogens with zero attached hydrogens (tertiary/aromatic N) is 3. The number of nitrogens with one attached hydrogen (secondary N) is 1. The van der Waals surface area contributed by atoms with Crippen LogP contribution in [0.25, 0.3) is 0 Å². The molecular formula is C19H26N4OS2. The van der Waals surface area contributed by atoms with Crippen LogP contribution in [0.5, 0.6) is 0 Å². The molecule has 1 amide bonds. The Morgan fingerprint density at radius 1 is 1.27 bits per heavy atom. The summed E-state index contributed by atoms with van der Waals surface area (Å²) in [6.45, 7) is 2.33. The normalized spacial score (nSPS) is 23.1. The molecule has 26 heavy (non-hydrogen) atoms. The molecule has 140 valence electrons. The number of H-pyrrole nitrogens is 1. The summed E-state index contributed by atoms with van der Waals surface area (Å²) in [4.78, 5) is 20.9. The second kappa shape index (κ2) is 8.13. The van der Waals surface area contributed by atoms with Crippen molar-refractivity contribution in [3.05, 3.63) is 28.2 Å². The molecule has 2 aromatic rings. The fourth-order valence-electron chi connectivity index (χ4n) is 3.78. The molecule has 0 saturated heterocycles. The highest BCUT2D eigenvalue weighted by Gasteiger charge is 2.38. The van der Waals surface area contributed by atoms with Gasteiger partial charge in [-0.15, -0.1) is 16.4 Å². The lowest BCUT2D eigenvalue weighted by atomic mass is 9.86. The number of aromatic nitrogens is 3. The summed E-state index contributed by atoms with van der Waals surface area (Å²) in [5, 5.41) is 10.0. The minimum atomic E-state index is 0.265. The van der Waals surface area contributed by atoms with Crippen molar-refractivity contribution in [3.63, 3.8) is 0 Å². The summed E-state index contributed by atoms with van der Waals surface area (Å²) in [6, 6.07) is 5.09. The molecule has 2 heterocycles. The number of thiophene rings is 1. The number of aromatic amines is 1. The molecule has 1 N–H and O–H groups in total. The Kier molecular flexibility index (Phi) is 5.64. The van der Waals surface area contributed by atoms with E-state index in [1.807, 2.05) is 6.07 Å². The maximum atomic E-state index is 12.9. The van der Waals surface area contributed by atoms with Gasteiger partial charge in [0.05, 0.1) is 5.75 Å². The quantitative estimate of drug-likeness (QED) is 0.723. The molecule has 0 atom stereocenters. The number of carbonyl (C=O) groups excluding carboxylic acids is 1. The highest BCUT2D eigenvalue weighted by atomic mass is 32.2. The number of carbonyl (C=O) groups is 1. The van der Waals surface area contributed by atoms with E-state index in [0.717, 1.165) is 18.2 Å². The lowest BCUT2D eigenvalue weighted by Gasteiger charge is -2.36. The molecule has 2 aliphatic rings. The van der Waals surface area contributed by atoms with Crippen molar-refractivity contribution in [2.24, 2.45) is 5.92 Å². The van der Waals surface area contributed by atoms with E-state index in [9.17, 15) is 4.79 Å². The van der Waals surface area contributed by atoms with Gasteiger partial charge in [-0.25, -0.2) is 4.98 Å². The molecule has 0 bridgehead atoms. The summed E-state index contributed by atoms with van der Waals surface area (Å²) in [6.07, 6.45) is 7.96. The van der Waals surface area contributed by atoms with Gasteiger partial charge in [-0.1, -0.05) is 24.8 Å². The lowest BCUT2D eigenvalue weighted by molar-refractivity contribution is -0.132. The maximum absolute atomic E-state index is 12.9. The summed E-state index contributed by atoms with van der Waals surface area (Å²) in [5.74, 6) is 2.38. The van der Waals surface area contributed by atoms with Crippen LogP contribution in [0.3, 0.4) is 0 Å². The largest absolute Gasteiger partial charge is 0.336 e.